The molecule has 0 saturated heterocycles. The number of nitrogens with zero attached hydrogens (tertiary/aromatic N) is 1. The molecule has 0 fully saturated rings. The van der Waals surface area contributed by atoms with E-state index in [1.807, 2.05) is 0 Å². The van der Waals surface area contributed by atoms with Crippen molar-refractivity contribution in [1.82, 2.24) is 5.32 Å². The molecule has 0 spiro atoms. The average molecular weight is 215 g/mol. The molecular formula is C11H25N3O. The summed E-state index contributed by atoms with van der Waals surface area (Å²) >= 11 is 0. The van der Waals surface area contributed by atoms with Gasteiger partial charge in [0.15, 0.2) is 5.96 Å². The van der Waals surface area contributed by atoms with Crippen LogP contribution in [-0.2, 0) is 4.74 Å². The Kier molecular flexibility index (Phi) is 9.27. The minimum atomic E-state index is 0.525. The third-order valence-corrected chi connectivity index (χ3v) is 2.08. The summed E-state index contributed by atoms with van der Waals surface area (Å²) in [6.45, 7) is 6.67. The van der Waals surface area contributed by atoms with Gasteiger partial charge in [-0.15, -0.1) is 0 Å². The Bertz CT molecular complexity index is 169. The summed E-state index contributed by atoms with van der Waals surface area (Å²) in [6.07, 6.45) is 3.61. The fraction of sp³-hybridized carbons (Fsp3) is 0.909. The molecule has 0 saturated carbocycles. The maximum absolute atomic E-state index is 5.64. The third kappa shape index (κ3) is 11.2. The van der Waals surface area contributed by atoms with Gasteiger partial charge in [-0.3, -0.25) is 4.99 Å². The van der Waals surface area contributed by atoms with E-state index in [9.17, 15) is 0 Å². The quantitative estimate of drug-likeness (QED) is 0.365. The van der Waals surface area contributed by atoms with Crippen molar-refractivity contribution in [3.8, 4) is 0 Å². The molecule has 0 unspecified atom stereocenters. The van der Waals surface area contributed by atoms with Crippen LogP contribution in [0.5, 0.6) is 0 Å². The maximum Gasteiger partial charge on any atom is 0.188 e. The molecule has 0 aliphatic heterocycles. The number of hydrogen-bond acceptors (Lipinski definition) is 2. The standard InChI is InChI=1S/C11H25N3O/c1-10(2)6-4-5-7-13-11(12)14-8-9-15-3/h10H,4-9H2,1-3H3,(H3,12,13,14). The second-order valence-corrected chi connectivity index (χ2v) is 4.08. The molecule has 0 bridgehead atoms. The Labute approximate surface area is 93.3 Å². The number of methoxy groups -OCH3 is 1. The molecular weight excluding hydrogens is 190 g/mol. The predicted octanol–water partition coefficient (Wildman–Crippen LogP) is 1.36. The fourth-order valence-corrected chi connectivity index (χ4v) is 1.20. The fourth-order valence-electron chi connectivity index (χ4n) is 1.20. The van der Waals surface area contributed by atoms with Crippen LogP contribution in [0.25, 0.3) is 0 Å². The summed E-state index contributed by atoms with van der Waals surface area (Å²) in [7, 11) is 1.67. The molecule has 0 aromatic rings. The topological polar surface area (TPSA) is 59.6 Å². The molecule has 4 nitrogen and oxygen atoms in total. The van der Waals surface area contributed by atoms with Crippen molar-refractivity contribution in [1.29, 1.82) is 0 Å². The highest BCUT2D eigenvalue weighted by atomic mass is 16.5. The molecule has 3 N–H and O–H groups in total. The normalized spacial score (nSPS) is 12.1. The van der Waals surface area contributed by atoms with Crippen molar-refractivity contribution in [2.24, 2.45) is 16.6 Å². The zero-order chi connectivity index (χ0) is 11.5. The van der Waals surface area contributed by atoms with Crippen LogP contribution in [0.15, 0.2) is 4.99 Å². The van der Waals surface area contributed by atoms with Gasteiger partial charge in [0.2, 0.25) is 0 Å². The minimum absolute atomic E-state index is 0.525. The molecule has 0 atom stereocenters. The van der Waals surface area contributed by atoms with E-state index >= 15 is 0 Å². The number of nitrogens with two attached hydrogens (primary N) is 1. The molecule has 0 aromatic carbocycles. The average Bonchev–Trinajstić information content (AvgIpc) is 2.17. The van der Waals surface area contributed by atoms with Gasteiger partial charge in [-0.2, -0.15) is 0 Å². The Morgan fingerprint density at radius 3 is 2.73 bits per heavy atom. The lowest BCUT2D eigenvalue weighted by Gasteiger charge is -2.05. The molecule has 4 heteroatoms. The summed E-state index contributed by atoms with van der Waals surface area (Å²) in [5.74, 6) is 1.31. The predicted molar refractivity (Wildman–Crippen MR) is 65.1 cm³/mol. The Hall–Kier alpha value is -0.770. The van der Waals surface area contributed by atoms with Gasteiger partial charge < -0.3 is 15.8 Å². The summed E-state index contributed by atoms with van der Waals surface area (Å²) in [5.41, 5.74) is 5.64. The van der Waals surface area contributed by atoms with E-state index in [0.717, 1.165) is 25.4 Å². The van der Waals surface area contributed by atoms with Crippen molar-refractivity contribution in [3.63, 3.8) is 0 Å². The number of hydrogen-bond donors (Lipinski definition) is 2. The molecule has 0 aromatic heterocycles. The van der Waals surface area contributed by atoms with Crippen molar-refractivity contribution in [3.05, 3.63) is 0 Å². The van der Waals surface area contributed by atoms with Gasteiger partial charge in [0.1, 0.15) is 0 Å². The van der Waals surface area contributed by atoms with Crippen LogP contribution in [0, 0.1) is 5.92 Å². The van der Waals surface area contributed by atoms with Crippen LogP contribution in [0.4, 0.5) is 0 Å². The van der Waals surface area contributed by atoms with E-state index in [-0.39, 0.29) is 0 Å². The summed E-state index contributed by atoms with van der Waals surface area (Å²) in [4.78, 5) is 4.22. The Balaban J connectivity index is 3.33. The van der Waals surface area contributed by atoms with Gasteiger partial charge >= 0.3 is 0 Å². The monoisotopic (exact) mass is 215 g/mol. The summed E-state index contributed by atoms with van der Waals surface area (Å²) in [5, 5.41) is 2.99. The van der Waals surface area contributed by atoms with Crippen LogP contribution < -0.4 is 11.1 Å². The first-order valence-corrected chi connectivity index (χ1v) is 5.69. The summed E-state index contributed by atoms with van der Waals surface area (Å²) < 4.78 is 4.89. The van der Waals surface area contributed by atoms with Gasteiger partial charge in [-0.25, -0.2) is 0 Å². The van der Waals surface area contributed by atoms with E-state index in [2.05, 4.69) is 24.2 Å². The molecule has 0 aliphatic carbocycles. The van der Waals surface area contributed by atoms with Crippen LogP contribution >= 0.6 is 0 Å². The molecule has 0 rings (SSSR count). The highest BCUT2D eigenvalue weighted by Crippen LogP contribution is 2.05. The van der Waals surface area contributed by atoms with E-state index in [0.29, 0.717) is 12.6 Å². The van der Waals surface area contributed by atoms with Crippen LogP contribution in [0.2, 0.25) is 0 Å². The zero-order valence-electron chi connectivity index (χ0n) is 10.3. The number of guanidine groups is 1. The molecule has 0 radical (unpaired) electrons. The SMILES string of the molecule is COCCNC(N)=NCCCCC(C)C. The van der Waals surface area contributed by atoms with E-state index < -0.39 is 0 Å². The highest BCUT2D eigenvalue weighted by molar-refractivity contribution is 5.77. The Morgan fingerprint density at radius 2 is 2.13 bits per heavy atom. The second kappa shape index (κ2) is 9.77. The van der Waals surface area contributed by atoms with Crippen LogP contribution in [-0.4, -0.2) is 32.8 Å². The number of rotatable bonds is 8. The third-order valence-electron chi connectivity index (χ3n) is 2.08. The lowest BCUT2D eigenvalue weighted by atomic mass is 10.1. The molecule has 90 valence electrons. The van der Waals surface area contributed by atoms with E-state index in [1.165, 1.54) is 12.8 Å². The van der Waals surface area contributed by atoms with Gasteiger partial charge in [0.05, 0.1) is 6.61 Å². The van der Waals surface area contributed by atoms with Crippen molar-refractivity contribution in [2.45, 2.75) is 33.1 Å². The first-order chi connectivity index (χ1) is 7.16. The Morgan fingerprint density at radius 1 is 1.40 bits per heavy atom. The maximum atomic E-state index is 5.64. The smallest absolute Gasteiger partial charge is 0.188 e. The molecule has 0 aliphatic rings. The number of aliphatic imine (C=N–C) groups is 1. The lowest BCUT2D eigenvalue weighted by molar-refractivity contribution is 0.204. The molecule has 0 amide bonds. The van der Waals surface area contributed by atoms with E-state index in [1.54, 1.807) is 7.11 Å². The number of ether oxygens (including phenoxy) is 1. The first-order valence-electron chi connectivity index (χ1n) is 5.69. The number of unbranched alkanes of at least 4 members (excludes halogenated alkanes) is 1. The lowest BCUT2D eigenvalue weighted by Crippen LogP contribution is -2.34. The molecule has 0 heterocycles. The summed E-state index contributed by atoms with van der Waals surface area (Å²) in [6, 6.07) is 0. The van der Waals surface area contributed by atoms with Gasteiger partial charge in [-0.05, 0) is 12.3 Å². The van der Waals surface area contributed by atoms with Crippen molar-refractivity contribution < 1.29 is 4.74 Å². The largest absolute Gasteiger partial charge is 0.383 e. The van der Waals surface area contributed by atoms with Gasteiger partial charge in [0, 0.05) is 20.2 Å². The van der Waals surface area contributed by atoms with Crippen LogP contribution in [0.1, 0.15) is 33.1 Å². The first kappa shape index (κ1) is 14.2. The number of nitrogens with one attached hydrogen (secondary N) is 1. The van der Waals surface area contributed by atoms with Gasteiger partial charge in [-0.1, -0.05) is 26.7 Å². The van der Waals surface area contributed by atoms with Gasteiger partial charge in [0.25, 0.3) is 0 Å². The van der Waals surface area contributed by atoms with Crippen molar-refractivity contribution in [2.75, 3.05) is 26.8 Å². The van der Waals surface area contributed by atoms with E-state index in [4.69, 9.17) is 10.5 Å². The minimum Gasteiger partial charge on any atom is -0.383 e. The highest BCUT2D eigenvalue weighted by Gasteiger charge is 1.94. The second-order valence-electron chi connectivity index (χ2n) is 4.08. The van der Waals surface area contributed by atoms with Crippen LogP contribution in [0.3, 0.4) is 0 Å². The zero-order valence-corrected chi connectivity index (χ0v) is 10.3. The van der Waals surface area contributed by atoms with Crippen molar-refractivity contribution >= 4 is 5.96 Å². The molecule has 15 heavy (non-hydrogen) atoms.